The van der Waals surface area contributed by atoms with Crippen LogP contribution in [0.15, 0.2) is 176 Å². The number of halogens is 5. The molecule has 23 heteroatoms. The molecular formula is C78H65F5N10O8. The van der Waals surface area contributed by atoms with Gasteiger partial charge in [0.25, 0.3) is 6.43 Å². The van der Waals surface area contributed by atoms with Crippen LogP contribution in [-0.4, -0.2) is 101 Å². The van der Waals surface area contributed by atoms with Crippen LogP contribution < -0.4 is 4.74 Å². The summed E-state index contributed by atoms with van der Waals surface area (Å²) in [6, 6.07) is 43.4. The second-order valence-corrected chi connectivity index (χ2v) is 25.3. The van der Waals surface area contributed by atoms with Crippen LogP contribution in [0.4, 0.5) is 22.0 Å². The molecule has 7 aromatic heterocycles. The Balaban J connectivity index is 0.000000136. The van der Waals surface area contributed by atoms with E-state index < -0.39 is 41.5 Å². The van der Waals surface area contributed by atoms with E-state index in [1.54, 1.807) is 79.3 Å². The summed E-state index contributed by atoms with van der Waals surface area (Å²) in [5.74, 6) is -4.01. The van der Waals surface area contributed by atoms with Crippen LogP contribution in [0.1, 0.15) is 125 Å². The Bertz CT molecular complexity index is 5710. The van der Waals surface area contributed by atoms with Crippen molar-refractivity contribution >= 4 is 83.3 Å². The Hall–Kier alpha value is -12.2. The lowest BCUT2D eigenvalue weighted by atomic mass is 9.91. The fourth-order valence-electron chi connectivity index (χ4n) is 13.6. The molecule has 0 fully saturated rings. The molecule has 7 heterocycles. The van der Waals surface area contributed by atoms with Crippen molar-refractivity contribution in [3.63, 3.8) is 0 Å². The van der Waals surface area contributed by atoms with Crippen LogP contribution >= 0.6 is 0 Å². The van der Waals surface area contributed by atoms with E-state index in [1.165, 1.54) is 54.6 Å². The van der Waals surface area contributed by atoms with Crippen LogP contribution in [0.25, 0.3) is 116 Å². The Kier molecular flexibility index (Phi) is 18.2. The van der Waals surface area contributed by atoms with E-state index in [2.05, 4.69) is 84.5 Å². The van der Waals surface area contributed by atoms with Gasteiger partial charge in [0.1, 0.15) is 41.2 Å². The van der Waals surface area contributed by atoms with Gasteiger partial charge in [-0.1, -0.05) is 53.7 Å². The van der Waals surface area contributed by atoms with E-state index in [0.717, 1.165) is 94.0 Å². The predicted octanol–water partition coefficient (Wildman–Crippen LogP) is 18.4. The average Bonchev–Trinajstić information content (AvgIpc) is 1.59. The molecule has 0 radical (unpaired) electrons. The summed E-state index contributed by atoms with van der Waals surface area (Å²) in [5, 5.41) is 64.5. The van der Waals surface area contributed by atoms with Gasteiger partial charge in [-0.15, -0.1) is 0 Å². The number of carboxylic acid groups (broad SMARTS) is 3. The number of fused-ring (bicyclic) bond motifs is 6. The first-order chi connectivity index (χ1) is 48.5. The van der Waals surface area contributed by atoms with Crippen LogP contribution in [0.5, 0.6) is 5.75 Å². The fraction of sp³-hybridized carbons (Fsp3) is 0.167. The molecular weight excluding hydrogens is 1300 g/mol. The van der Waals surface area contributed by atoms with Crippen LogP contribution in [0, 0.1) is 24.4 Å². The van der Waals surface area contributed by atoms with Crippen LogP contribution in [0.3, 0.4) is 0 Å². The molecule has 0 amide bonds. The summed E-state index contributed by atoms with van der Waals surface area (Å²) in [6.45, 7) is 13.9. The number of benzene rings is 8. The SMILES string of the molecule is CC(C)c1c(-c2ccc(C(=O)O)cc2OCCO)c2cc3[nH]ncc3cc2n1-c1ccc(F)cc1.CC(C)c1c(-c2ccc(C(=O)O)nc2C(F)F)c2cc3[nH]ncc3cc2n1-c1ccc(F)cc1.Cc1c(C(=O)O)cccc1-c1c(C(C)C)n(-c2ccc(F)cc2)c2cc3cn[nH]c3cc12. The van der Waals surface area contributed by atoms with Crippen molar-refractivity contribution in [3.8, 4) is 56.2 Å². The molecule has 15 rings (SSSR count). The third-order valence-electron chi connectivity index (χ3n) is 17.9. The van der Waals surface area contributed by atoms with Gasteiger partial charge in [0.2, 0.25) is 0 Å². The van der Waals surface area contributed by atoms with Gasteiger partial charge >= 0.3 is 17.9 Å². The fourth-order valence-corrected chi connectivity index (χ4v) is 13.6. The summed E-state index contributed by atoms with van der Waals surface area (Å²) in [7, 11) is 0. The van der Waals surface area contributed by atoms with Gasteiger partial charge in [0, 0.05) is 94.3 Å². The second kappa shape index (κ2) is 27.2. The molecule has 8 aromatic carbocycles. The van der Waals surface area contributed by atoms with Gasteiger partial charge in [-0.3, -0.25) is 15.3 Å². The van der Waals surface area contributed by atoms with Gasteiger partial charge in [-0.2, -0.15) is 15.3 Å². The molecule has 0 saturated carbocycles. The third-order valence-corrected chi connectivity index (χ3v) is 17.9. The number of carbonyl (C=O) groups is 3. The number of aliphatic hydroxyl groups excluding tert-OH is 1. The number of carboxylic acids is 3. The van der Waals surface area contributed by atoms with E-state index >= 15 is 0 Å². The first kappa shape index (κ1) is 67.3. The zero-order valence-electron chi connectivity index (χ0n) is 55.4. The minimum atomic E-state index is -2.99. The molecule has 0 aliphatic heterocycles. The summed E-state index contributed by atoms with van der Waals surface area (Å²) in [6.07, 6.45) is 2.21. The minimum Gasteiger partial charge on any atom is -0.491 e. The lowest BCUT2D eigenvalue weighted by Crippen LogP contribution is -2.07. The van der Waals surface area contributed by atoms with Gasteiger partial charge < -0.3 is 38.9 Å². The highest BCUT2D eigenvalue weighted by Gasteiger charge is 2.31. The van der Waals surface area contributed by atoms with E-state index in [0.29, 0.717) is 44.7 Å². The highest BCUT2D eigenvalue weighted by molar-refractivity contribution is 6.10. The molecule has 510 valence electrons. The first-order valence-corrected chi connectivity index (χ1v) is 32.3. The number of hydrogen-bond acceptors (Lipinski definition) is 9. The summed E-state index contributed by atoms with van der Waals surface area (Å²) in [5.41, 5.74) is 14.2. The molecule has 0 aliphatic rings. The number of nitrogens with one attached hydrogen (secondary N) is 3. The van der Waals surface area contributed by atoms with Gasteiger partial charge in [-0.05, 0) is 181 Å². The molecule has 101 heavy (non-hydrogen) atoms. The molecule has 0 saturated heterocycles. The molecule has 7 N–H and O–H groups in total. The number of aromatic carboxylic acids is 3. The smallest absolute Gasteiger partial charge is 0.354 e. The highest BCUT2D eigenvalue weighted by Crippen LogP contribution is 2.48. The second-order valence-electron chi connectivity index (χ2n) is 25.3. The number of ether oxygens (including phenoxy) is 1. The average molecular weight is 1370 g/mol. The monoisotopic (exact) mass is 1360 g/mol. The molecule has 0 atom stereocenters. The zero-order chi connectivity index (χ0) is 71.4. The standard InChI is InChI=1S/C27H24FN3O4.C26H22FN3O2.C25H19F3N4O2/c1-15(2)26-25(20-8-3-16(27(33)34)12-24(20)35-10-9-32)21-13-22-17(14-29-30-22)11-23(21)31(26)19-6-4-18(28)5-7-19;1-14(2)25-24(19-5-4-6-20(15(19)3)26(31)32)21-12-22-16(13-28-29-22)11-23(21)30(25)18-9-7-17(27)8-10-18;1-12(2)23-21(16-7-8-18(25(33)34)30-22(16)24(27)28)17-10-19-13(11-29-31-19)9-20(17)32(23)15-5-3-14(26)4-6-15/h3-8,11-15,32H,9-10H2,1-2H3,(H,29,30)(H,33,34);4-14H,1-3H3,(H,28,29)(H,31,32);3-12,24H,1-2H3,(H,29,31)(H,33,34). The van der Waals surface area contributed by atoms with Crippen molar-refractivity contribution in [1.29, 1.82) is 0 Å². The maximum Gasteiger partial charge on any atom is 0.354 e. The number of aliphatic hydroxyl groups is 1. The number of aromatic nitrogens is 10. The highest BCUT2D eigenvalue weighted by atomic mass is 19.3. The van der Waals surface area contributed by atoms with E-state index in [4.69, 9.17) is 4.74 Å². The summed E-state index contributed by atoms with van der Waals surface area (Å²) in [4.78, 5) is 38.6. The molecule has 0 spiro atoms. The van der Waals surface area contributed by atoms with Gasteiger partial charge in [-0.25, -0.2) is 41.3 Å². The number of rotatable bonds is 16. The number of nitrogens with zero attached hydrogens (tertiary/aromatic N) is 7. The molecule has 0 aliphatic carbocycles. The number of alkyl halides is 2. The van der Waals surface area contributed by atoms with Crippen molar-refractivity contribution in [3.05, 3.63) is 239 Å². The lowest BCUT2D eigenvalue weighted by molar-refractivity contribution is 0.0680. The van der Waals surface area contributed by atoms with E-state index in [-0.39, 0.29) is 59.3 Å². The van der Waals surface area contributed by atoms with Crippen molar-refractivity contribution in [1.82, 2.24) is 49.3 Å². The Morgan fingerprint density at radius 2 is 0.891 bits per heavy atom. The number of pyridine rings is 1. The van der Waals surface area contributed by atoms with Crippen molar-refractivity contribution in [2.75, 3.05) is 13.2 Å². The molecule has 0 unspecified atom stereocenters. The maximum absolute atomic E-state index is 14.1. The summed E-state index contributed by atoms with van der Waals surface area (Å²) < 4.78 is 81.5. The number of aromatic amines is 3. The third kappa shape index (κ3) is 12.4. The first-order valence-electron chi connectivity index (χ1n) is 32.3. The lowest BCUT2D eigenvalue weighted by Gasteiger charge is -2.18. The molecule has 15 aromatic rings. The Morgan fingerprint density at radius 1 is 0.485 bits per heavy atom. The zero-order valence-corrected chi connectivity index (χ0v) is 55.4. The molecule has 0 bridgehead atoms. The van der Waals surface area contributed by atoms with Crippen LogP contribution in [0.2, 0.25) is 0 Å². The largest absolute Gasteiger partial charge is 0.491 e. The molecule has 18 nitrogen and oxygen atoms in total. The van der Waals surface area contributed by atoms with Crippen molar-refractivity contribution in [2.45, 2.75) is 72.6 Å². The topological polar surface area (TPSA) is 255 Å². The van der Waals surface area contributed by atoms with Gasteiger partial charge in [0.05, 0.1) is 69.4 Å². The quantitative estimate of drug-likeness (QED) is 0.0446. The Morgan fingerprint density at radius 3 is 1.27 bits per heavy atom. The predicted molar refractivity (Wildman–Crippen MR) is 378 cm³/mol. The minimum absolute atomic E-state index is 0.0223. The van der Waals surface area contributed by atoms with E-state index in [1.807, 2.05) is 55.7 Å². The normalized spacial score (nSPS) is 11.7. The summed E-state index contributed by atoms with van der Waals surface area (Å²) >= 11 is 0. The van der Waals surface area contributed by atoms with Gasteiger partial charge in [0.15, 0.2) is 0 Å². The van der Waals surface area contributed by atoms with E-state index in [9.17, 15) is 56.8 Å². The maximum atomic E-state index is 14.1. The van der Waals surface area contributed by atoms with Crippen molar-refractivity contribution in [2.24, 2.45) is 0 Å². The Labute approximate surface area is 572 Å². The number of H-pyrrole nitrogens is 3. The number of hydrogen-bond donors (Lipinski definition) is 7. The van der Waals surface area contributed by atoms with Crippen molar-refractivity contribution < 1.29 is 61.5 Å². The van der Waals surface area contributed by atoms with Crippen LogP contribution in [-0.2, 0) is 0 Å².